The van der Waals surface area contributed by atoms with Gasteiger partial charge in [0.05, 0.1) is 0 Å². The summed E-state index contributed by atoms with van der Waals surface area (Å²) in [6.07, 6.45) is 3.64. The Morgan fingerprint density at radius 1 is 1.28 bits per heavy atom. The Kier molecular flexibility index (Phi) is 6.63. The number of nitrogens with zero attached hydrogens (tertiary/aromatic N) is 1. The zero-order valence-corrected chi connectivity index (χ0v) is 13.2. The summed E-state index contributed by atoms with van der Waals surface area (Å²) >= 11 is 6.95. The second kappa shape index (κ2) is 7.48. The molecule has 0 aliphatic heterocycles. The van der Waals surface area contributed by atoms with Crippen LogP contribution in [0.5, 0.6) is 0 Å². The Morgan fingerprint density at radius 3 is 2.56 bits per heavy atom. The van der Waals surface area contributed by atoms with E-state index >= 15 is 0 Å². The van der Waals surface area contributed by atoms with Gasteiger partial charge in [0, 0.05) is 24.3 Å². The van der Waals surface area contributed by atoms with Crippen LogP contribution in [0.25, 0.3) is 0 Å². The van der Waals surface area contributed by atoms with Gasteiger partial charge >= 0.3 is 0 Å². The smallest absolute Gasteiger partial charge is 0.206 e. The summed E-state index contributed by atoms with van der Waals surface area (Å²) in [7, 11) is -1.66. The Morgan fingerprint density at radius 2 is 2.00 bits per heavy atom. The molecule has 0 fully saturated rings. The summed E-state index contributed by atoms with van der Waals surface area (Å²) in [5.41, 5.74) is 0. The molecule has 0 N–H and O–H groups in total. The van der Waals surface area contributed by atoms with Crippen molar-refractivity contribution < 1.29 is 8.42 Å². The van der Waals surface area contributed by atoms with Gasteiger partial charge in [-0.1, -0.05) is 13.3 Å². The zero-order chi connectivity index (χ0) is 13.6. The van der Waals surface area contributed by atoms with Gasteiger partial charge in [0.1, 0.15) is 4.21 Å². The van der Waals surface area contributed by atoms with Crippen LogP contribution >= 0.6 is 22.9 Å². The molecular formula is C12H20ClNO2S2. The monoisotopic (exact) mass is 309 g/mol. The molecule has 18 heavy (non-hydrogen) atoms. The minimum absolute atomic E-state index is 0.444. The van der Waals surface area contributed by atoms with Crippen molar-refractivity contribution >= 4 is 33.0 Å². The second-order valence-electron chi connectivity index (χ2n) is 4.15. The largest absolute Gasteiger partial charge is 0.252 e. The van der Waals surface area contributed by atoms with Crippen molar-refractivity contribution in [2.75, 3.05) is 19.5 Å². The Bertz CT molecular complexity index is 456. The van der Waals surface area contributed by atoms with Crippen LogP contribution in [0.3, 0.4) is 0 Å². The van der Waals surface area contributed by atoms with Gasteiger partial charge < -0.3 is 0 Å². The van der Waals surface area contributed by atoms with E-state index in [4.69, 9.17) is 11.6 Å². The van der Waals surface area contributed by atoms with Crippen molar-refractivity contribution in [2.45, 2.75) is 36.8 Å². The highest BCUT2D eigenvalue weighted by molar-refractivity contribution is 7.91. The summed E-state index contributed by atoms with van der Waals surface area (Å²) in [5, 5.41) is 0. The molecular weight excluding hydrogens is 290 g/mol. The summed E-state index contributed by atoms with van der Waals surface area (Å²) in [5.74, 6) is 0.640. The number of sulfonamides is 1. The molecule has 1 aromatic rings. The molecule has 0 aliphatic rings. The van der Waals surface area contributed by atoms with Crippen LogP contribution in [0.15, 0.2) is 16.3 Å². The van der Waals surface area contributed by atoms with Crippen LogP contribution in [0, 0.1) is 0 Å². The Labute approximate surface area is 119 Å². The van der Waals surface area contributed by atoms with Crippen molar-refractivity contribution in [1.29, 1.82) is 0 Å². The van der Waals surface area contributed by atoms with Gasteiger partial charge in [-0.3, -0.25) is 0 Å². The van der Waals surface area contributed by atoms with Crippen LogP contribution < -0.4 is 0 Å². The molecule has 0 radical (unpaired) electrons. The molecule has 0 saturated heterocycles. The van der Waals surface area contributed by atoms with Gasteiger partial charge in [0.15, 0.2) is 0 Å². The maximum Gasteiger partial charge on any atom is 0.252 e. The zero-order valence-electron chi connectivity index (χ0n) is 10.9. The lowest BCUT2D eigenvalue weighted by Crippen LogP contribution is -2.27. The third-order valence-electron chi connectivity index (χ3n) is 2.76. The summed E-state index contributed by atoms with van der Waals surface area (Å²) < 4.78 is 26.4. The highest BCUT2D eigenvalue weighted by atomic mass is 35.5. The number of rotatable bonds is 8. The maximum atomic E-state index is 12.2. The van der Waals surface area contributed by atoms with E-state index in [0.29, 0.717) is 16.6 Å². The minimum atomic E-state index is -3.30. The normalized spacial score (nSPS) is 12.2. The first-order chi connectivity index (χ1) is 8.52. The third kappa shape index (κ3) is 4.23. The predicted octanol–water partition coefficient (Wildman–Crippen LogP) is 3.34. The van der Waals surface area contributed by atoms with Crippen molar-refractivity contribution in [1.82, 2.24) is 4.31 Å². The topological polar surface area (TPSA) is 37.4 Å². The molecule has 0 unspecified atom stereocenters. The van der Waals surface area contributed by atoms with Crippen LogP contribution in [-0.4, -0.2) is 32.2 Å². The fourth-order valence-corrected chi connectivity index (χ4v) is 4.47. The van der Waals surface area contributed by atoms with Crippen LogP contribution in [0.2, 0.25) is 0 Å². The Balaban J connectivity index is 2.62. The van der Waals surface area contributed by atoms with Gasteiger partial charge in [0.2, 0.25) is 0 Å². The van der Waals surface area contributed by atoms with E-state index in [1.165, 1.54) is 15.6 Å². The molecule has 0 saturated carbocycles. The first-order valence-corrected chi connectivity index (χ1v) is 8.92. The fourth-order valence-electron chi connectivity index (χ4n) is 1.57. The SMILES string of the molecule is CCc1ccc(S(=O)(=O)N(C)CCCCCCl)s1. The molecule has 1 rings (SSSR count). The fraction of sp³-hybridized carbons (Fsp3) is 0.667. The molecule has 0 amide bonds. The quantitative estimate of drug-likeness (QED) is 0.545. The molecule has 0 bridgehead atoms. The summed E-state index contributed by atoms with van der Waals surface area (Å²) in [4.78, 5) is 1.10. The van der Waals surface area contributed by atoms with E-state index in [0.717, 1.165) is 30.6 Å². The number of hydrogen-bond donors (Lipinski definition) is 0. The van der Waals surface area contributed by atoms with Crippen molar-refractivity contribution in [3.05, 3.63) is 17.0 Å². The highest BCUT2D eigenvalue weighted by Gasteiger charge is 2.21. The van der Waals surface area contributed by atoms with E-state index in [-0.39, 0.29) is 0 Å². The van der Waals surface area contributed by atoms with Gasteiger partial charge in [-0.15, -0.1) is 22.9 Å². The average Bonchev–Trinajstić information content (AvgIpc) is 2.83. The number of thiophene rings is 1. The molecule has 0 spiro atoms. The minimum Gasteiger partial charge on any atom is -0.206 e. The van der Waals surface area contributed by atoms with E-state index < -0.39 is 10.0 Å². The lowest BCUT2D eigenvalue weighted by Gasteiger charge is -2.15. The summed E-state index contributed by atoms with van der Waals surface area (Å²) in [6, 6.07) is 3.59. The molecule has 1 heterocycles. The predicted molar refractivity (Wildman–Crippen MR) is 78.1 cm³/mol. The lowest BCUT2D eigenvalue weighted by molar-refractivity contribution is 0.456. The third-order valence-corrected chi connectivity index (χ3v) is 6.58. The molecule has 0 aromatic carbocycles. The van der Waals surface area contributed by atoms with Crippen molar-refractivity contribution in [3.63, 3.8) is 0 Å². The van der Waals surface area contributed by atoms with E-state index in [1.54, 1.807) is 13.1 Å². The number of halogens is 1. The average molecular weight is 310 g/mol. The van der Waals surface area contributed by atoms with Crippen LogP contribution in [-0.2, 0) is 16.4 Å². The molecule has 0 aliphatic carbocycles. The van der Waals surface area contributed by atoms with Crippen LogP contribution in [0.1, 0.15) is 31.1 Å². The van der Waals surface area contributed by atoms with Gasteiger partial charge in [0.25, 0.3) is 10.0 Å². The van der Waals surface area contributed by atoms with E-state index in [1.807, 2.05) is 13.0 Å². The summed E-state index contributed by atoms with van der Waals surface area (Å²) in [6.45, 7) is 2.58. The first-order valence-electron chi connectivity index (χ1n) is 6.13. The van der Waals surface area contributed by atoms with Crippen LogP contribution in [0.4, 0.5) is 0 Å². The molecule has 104 valence electrons. The van der Waals surface area contributed by atoms with E-state index in [9.17, 15) is 8.42 Å². The van der Waals surface area contributed by atoms with Gasteiger partial charge in [-0.2, -0.15) is 0 Å². The number of unbranched alkanes of at least 4 members (excludes halogenated alkanes) is 2. The van der Waals surface area contributed by atoms with Gasteiger partial charge in [-0.05, 0) is 31.4 Å². The van der Waals surface area contributed by atoms with E-state index in [2.05, 4.69) is 0 Å². The maximum absolute atomic E-state index is 12.2. The molecule has 0 atom stereocenters. The molecule has 3 nitrogen and oxygen atoms in total. The highest BCUT2D eigenvalue weighted by Crippen LogP contribution is 2.24. The first kappa shape index (κ1) is 16.0. The number of hydrogen-bond acceptors (Lipinski definition) is 3. The Hall–Kier alpha value is -0.100. The second-order valence-corrected chi connectivity index (χ2v) is 7.97. The van der Waals surface area contributed by atoms with Gasteiger partial charge in [-0.25, -0.2) is 12.7 Å². The van der Waals surface area contributed by atoms with Crippen molar-refractivity contribution in [3.8, 4) is 0 Å². The number of aryl methyl sites for hydroxylation is 1. The molecule has 6 heteroatoms. The molecule has 1 aromatic heterocycles. The standard InChI is InChI=1S/C12H20ClNO2S2/c1-3-11-7-8-12(17-11)18(15,16)14(2)10-6-4-5-9-13/h7-8H,3-6,9-10H2,1-2H3. The van der Waals surface area contributed by atoms with Crippen molar-refractivity contribution in [2.24, 2.45) is 0 Å². The number of alkyl halides is 1. The lowest BCUT2D eigenvalue weighted by atomic mass is 10.2.